The lowest BCUT2D eigenvalue weighted by molar-refractivity contribution is 0.630. The maximum absolute atomic E-state index is 6.30. The van der Waals surface area contributed by atoms with Gasteiger partial charge in [0.2, 0.25) is 0 Å². The lowest BCUT2D eigenvalue weighted by atomic mass is 9.78. The molecule has 0 unspecified atom stereocenters. The fourth-order valence-electron chi connectivity index (χ4n) is 9.27. The summed E-state index contributed by atoms with van der Waals surface area (Å²) < 4.78 is 6.30. The van der Waals surface area contributed by atoms with Crippen LogP contribution in [0, 0.1) is 0 Å². The van der Waals surface area contributed by atoms with Crippen LogP contribution in [0.4, 0.5) is 0 Å². The third-order valence-electron chi connectivity index (χ3n) is 12.1. The van der Waals surface area contributed by atoms with Crippen LogP contribution in [0.2, 0.25) is 0 Å². The van der Waals surface area contributed by atoms with Crippen LogP contribution in [0.5, 0.6) is 0 Å². The van der Waals surface area contributed by atoms with Gasteiger partial charge < -0.3 is 4.42 Å². The summed E-state index contributed by atoms with van der Waals surface area (Å²) >= 11 is 0. The topological polar surface area (TPSA) is 13.1 Å². The quantitative estimate of drug-likeness (QED) is 0.188. The zero-order valence-electron chi connectivity index (χ0n) is 28.5. The molecule has 1 nitrogen and oxygen atoms in total. The van der Waals surface area contributed by atoms with E-state index >= 15 is 0 Å². The number of furan rings is 1. The number of para-hydroxylation sites is 1. The summed E-state index contributed by atoms with van der Waals surface area (Å²) in [7, 11) is 0. The zero-order valence-corrected chi connectivity index (χ0v) is 28.5. The standard InChI is InChI=1S/C47H38O/c1-45(2)37-20-28(27-12-8-7-9-13-27)16-18-31(37)33-23-41-35(25-39(33)45)36-26-40-34(24-42(36)47(41,5)6)32-19-17-30(21-38(32)46(40,3)4)44-22-29-14-10-11-15-43(29)48-44/h7-26H,1-6H3. The highest BCUT2D eigenvalue weighted by atomic mass is 16.3. The van der Waals surface area contributed by atoms with Crippen molar-refractivity contribution in [1.29, 1.82) is 0 Å². The third-order valence-corrected chi connectivity index (χ3v) is 12.1. The molecule has 0 saturated carbocycles. The molecule has 232 valence electrons. The Bertz CT molecular complexity index is 2480. The van der Waals surface area contributed by atoms with E-state index in [4.69, 9.17) is 4.42 Å². The second-order valence-corrected chi connectivity index (χ2v) is 15.8. The molecule has 7 aromatic rings. The van der Waals surface area contributed by atoms with Gasteiger partial charge in [-0.1, -0.05) is 114 Å². The van der Waals surface area contributed by atoms with Gasteiger partial charge in [0, 0.05) is 27.2 Å². The fourth-order valence-corrected chi connectivity index (χ4v) is 9.27. The Morgan fingerprint density at radius 2 is 0.792 bits per heavy atom. The molecule has 48 heavy (non-hydrogen) atoms. The predicted molar refractivity (Wildman–Crippen MR) is 200 cm³/mol. The van der Waals surface area contributed by atoms with Crippen LogP contribution in [0.15, 0.2) is 126 Å². The summed E-state index contributed by atoms with van der Waals surface area (Å²) in [4.78, 5) is 0. The number of fused-ring (bicyclic) bond motifs is 10. The SMILES string of the molecule is CC1(C)c2cc(-c3ccccc3)ccc2-c2cc3c(cc21)-c1cc2c(cc1C3(C)C)-c1ccc(-c3cc4ccccc4o3)cc1C2(C)C. The Morgan fingerprint density at radius 1 is 0.354 bits per heavy atom. The van der Waals surface area contributed by atoms with E-state index < -0.39 is 0 Å². The molecule has 0 amide bonds. The molecule has 0 fully saturated rings. The monoisotopic (exact) mass is 618 g/mol. The smallest absolute Gasteiger partial charge is 0.135 e. The summed E-state index contributed by atoms with van der Waals surface area (Å²) in [6.45, 7) is 14.4. The maximum Gasteiger partial charge on any atom is 0.135 e. The molecule has 6 aromatic carbocycles. The Kier molecular flexibility index (Phi) is 5.27. The molecule has 1 aromatic heterocycles. The Morgan fingerprint density at radius 3 is 1.33 bits per heavy atom. The van der Waals surface area contributed by atoms with E-state index in [9.17, 15) is 0 Å². The van der Waals surface area contributed by atoms with Crippen LogP contribution in [0.25, 0.3) is 66.8 Å². The molecular weight excluding hydrogens is 581 g/mol. The molecule has 0 bridgehead atoms. The summed E-state index contributed by atoms with van der Waals surface area (Å²) in [5.74, 6) is 0.927. The summed E-state index contributed by atoms with van der Waals surface area (Å²) in [6, 6.07) is 45.4. The van der Waals surface area contributed by atoms with Crippen molar-refractivity contribution in [3.05, 3.63) is 155 Å². The van der Waals surface area contributed by atoms with Gasteiger partial charge in [0.1, 0.15) is 11.3 Å². The summed E-state index contributed by atoms with van der Waals surface area (Å²) in [6.07, 6.45) is 0. The Balaban J connectivity index is 1.10. The van der Waals surface area contributed by atoms with Gasteiger partial charge in [0.15, 0.2) is 0 Å². The molecular formula is C47H38O. The Labute approximate surface area is 282 Å². The van der Waals surface area contributed by atoms with Crippen LogP contribution < -0.4 is 0 Å². The second-order valence-electron chi connectivity index (χ2n) is 15.8. The molecule has 1 heterocycles. The van der Waals surface area contributed by atoms with Crippen molar-refractivity contribution in [2.45, 2.75) is 57.8 Å². The minimum absolute atomic E-state index is 0.0866. The van der Waals surface area contributed by atoms with Gasteiger partial charge in [-0.05, 0) is 126 Å². The first kappa shape index (κ1) is 27.9. The van der Waals surface area contributed by atoms with Crippen molar-refractivity contribution < 1.29 is 4.42 Å². The third kappa shape index (κ3) is 3.52. The molecule has 0 N–H and O–H groups in total. The van der Waals surface area contributed by atoms with Crippen molar-refractivity contribution >= 4 is 11.0 Å². The molecule has 0 spiro atoms. The first-order chi connectivity index (χ1) is 23.0. The van der Waals surface area contributed by atoms with E-state index in [1.54, 1.807) is 0 Å². The van der Waals surface area contributed by atoms with Crippen molar-refractivity contribution in [3.8, 4) is 55.8 Å². The molecule has 0 saturated heterocycles. The van der Waals surface area contributed by atoms with Gasteiger partial charge in [-0.15, -0.1) is 0 Å². The first-order valence-electron chi connectivity index (χ1n) is 17.3. The van der Waals surface area contributed by atoms with E-state index in [1.165, 1.54) is 77.9 Å². The number of rotatable bonds is 2. The number of hydrogen-bond acceptors (Lipinski definition) is 1. The van der Waals surface area contributed by atoms with E-state index in [1.807, 2.05) is 12.1 Å². The highest BCUT2D eigenvalue weighted by Crippen LogP contribution is 2.59. The summed E-state index contributed by atoms with van der Waals surface area (Å²) in [5, 5.41) is 1.14. The predicted octanol–water partition coefficient (Wildman–Crippen LogP) is 12.7. The fraction of sp³-hybridized carbons (Fsp3) is 0.191. The lowest BCUT2D eigenvalue weighted by Gasteiger charge is -2.25. The Hall–Kier alpha value is -5.14. The van der Waals surface area contributed by atoms with Crippen LogP contribution in [-0.2, 0) is 16.2 Å². The van der Waals surface area contributed by atoms with Gasteiger partial charge in [-0.3, -0.25) is 0 Å². The van der Waals surface area contributed by atoms with Gasteiger partial charge >= 0.3 is 0 Å². The van der Waals surface area contributed by atoms with E-state index in [-0.39, 0.29) is 16.2 Å². The molecule has 1 heteroatoms. The van der Waals surface area contributed by atoms with Crippen molar-refractivity contribution in [3.63, 3.8) is 0 Å². The second kappa shape index (κ2) is 9.05. The van der Waals surface area contributed by atoms with Gasteiger partial charge in [-0.25, -0.2) is 0 Å². The average Bonchev–Trinajstić information content (AvgIpc) is 3.76. The molecule has 0 radical (unpaired) electrons. The van der Waals surface area contributed by atoms with Crippen LogP contribution in [0.3, 0.4) is 0 Å². The minimum Gasteiger partial charge on any atom is -0.456 e. The van der Waals surface area contributed by atoms with Crippen LogP contribution >= 0.6 is 0 Å². The highest BCUT2D eigenvalue weighted by molar-refractivity contribution is 5.94. The first-order valence-corrected chi connectivity index (χ1v) is 17.3. The molecule has 3 aliphatic carbocycles. The maximum atomic E-state index is 6.30. The largest absolute Gasteiger partial charge is 0.456 e. The van der Waals surface area contributed by atoms with Crippen LogP contribution in [-0.4, -0.2) is 0 Å². The van der Waals surface area contributed by atoms with Crippen molar-refractivity contribution in [2.24, 2.45) is 0 Å². The number of benzene rings is 6. The van der Waals surface area contributed by atoms with Gasteiger partial charge in [0.05, 0.1) is 0 Å². The average molecular weight is 619 g/mol. The van der Waals surface area contributed by atoms with E-state index in [2.05, 4.69) is 151 Å². The zero-order chi connectivity index (χ0) is 32.7. The van der Waals surface area contributed by atoms with Gasteiger partial charge in [0.25, 0.3) is 0 Å². The van der Waals surface area contributed by atoms with Gasteiger partial charge in [-0.2, -0.15) is 0 Å². The molecule has 0 aliphatic heterocycles. The molecule has 0 atom stereocenters. The van der Waals surface area contributed by atoms with E-state index in [0.717, 1.165) is 22.3 Å². The van der Waals surface area contributed by atoms with E-state index in [0.29, 0.717) is 0 Å². The normalized spacial score (nSPS) is 16.6. The molecule has 10 rings (SSSR count). The minimum atomic E-state index is -0.130. The lowest BCUT2D eigenvalue weighted by Crippen LogP contribution is -2.17. The summed E-state index contributed by atoms with van der Waals surface area (Å²) in [5.41, 5.74) is 21.1. The van der Waals surface area contributed by atoms with Crippen molar-refractivity contribution in [1.82, 2.24) is 0 Å². The van der Waals surface area contributed by atoms with Crippen LogP contribution in [0.1, 0.15) is 74.9 Å². The molecule has 3 aliphatic rings. The number of hydrogen-bond donors (Lipinski definition) is 0. The highest BCUT2D eigenvalue weighted by Gasteiger charge is 2.44. The van der Waals surface area contributed by atoms with Crippen molar-refractivity contribution in [2.75, 3.05) is 0 Å².